The molecule has 4 nitrogen and oxygen atoms in total. The van der Waals surface area contributed by atoms with Crippen molar-refractivity contribution in [3.63, 3.8) is 0 Å². The molecule has 22 heavy (non-hydrogen) atoms. The molecule has 1 N–H and O–H groups in total. The Hall–Kier alpha value is -2.46. The van der Waals surface area contributed by atoms with E-state index >= 15 is 0 Å². The molecule has 2 rings (SSSR count). The Balaban J connectivity index is 2.22. The van der Waals surface area contributed by atoms with Crippen LogP contribution in [0.1, 0.15) is 17.5 Å². The zero-order chi connectivity index (χ0) is 15.8. The van der Waals surface area contributed by atoms with Gasteiger partial charge in [0.2, 0.25) is 0 Å². The maximum atomic E-state index is 11.5. The lowest BCUT2D eigenvalue weighted by atomic mass is 10.1. The predicted octanol–water partition coefficient (Wildman–Crippen LogP) is 2.73. The first kappa shape index (κ1) is 15.9. The van der Waals surface area contributed by atoms with Crippen LogP contribution in [0.4, 0.5) is 0 Å². The third-order valence-electron chi connectivity index (χ3n) is 3.50. The van der Waals surface area contributed by atoms with Crippen molar-refractivity contribution in [2.24, 2.45) is 0 Å². The van der Waals surface area contributed by atoms with Gasteiger partial charge in [-0.25, -0.2) is 0 Å². The lowest BCUT2D eigenvalue weighted by molar-refractivity contribution is -0.145. The average molecular weight is 297 g/mol. The van der Waals surface area contributed by atoms with Crippen molar-refractivity contribution in [2.75, 3.05) is 0 Å². The molecule has 0 saturated heterocycles. The van der Waals surface area contributed by atoms with Crippen LogP contribution in [-0.2, 0) is 22.7 Å². The predicted molar refractivity (Wildman–Crippen MR) is 84.2 cm³/mol. The van der Waals surface area contributed by atoms with E-state index in [1.165, 1.54) is 0 Å². The first-order valence-electron chi connectivity index (χ1n) is 7.19. The molecule has 2 aromatic carbocycles. The zero-order valence-corrected chi connectivity index (χ0v) is 12.3. The molecule has 0 radical (unpaired) electrons. The van der Waals surface area contributed by atoms with E-state index in [9.17, 15) is 14.7 Å². The Morgan fingerprint density at radius 1 is 0.955 bits per heavy atom. The summed E-state index contributed by atoms with van der Waals surface area (Å²) in [5, 5.41) is 9.43. The number of hydrogen-bond acceptors (Lipinski definition) is 3. The fourth-order valence-corrected chi connectivity index (χ4v) is 2.41. The summed E-state index contributed by atoms with van der Waals surface area (Å²) in [4.78, 5) is 24.2. The molecule has 1 unspecified atom stereocenters. The molecule has 0 bridgehead atoms. The summed E-state index contributed by atoms with van der Waals surface area (Å²) in [6, 6.07) is 18.5. The Kier molecular flexibility index (Phi) is 5.86. The quantitative estimate of drug-likeness (QED) is 0.761. The van der Waals surface area contributed by atoms with Crippen LogP contribution in [0.3, 0.4) is 0 Å². The van der Waals surface area contributed by atoms with Gasteiger partial charge in [0.05, 0.1) is 0 Å². The van der Waals surface area contributed by atoms with Gasteiger partial charge in [0.15, 0.2) is 0 Å². The lowest BCUT2D eigenvalue weighted by Gasteiger charge is -2.28. The Labute approximate surface area is 130 Å². The number of aliphatic carboxylic acids is 1. The number of carboxylic acid groups (broad SMARTS) is 1. The van der Waals surface area contributed by atoms with Crippen molar-refractivity contribution in [3.8, 4) is 0 Å². The van der Waals surface area contributed by atoms with Gasteiger partial charge in [0.1, 0.15) is 12.3 Å². The highest BCUT2D eigenvalue weighted by atomic mass is 16.4. The summed E-state index contributed by atoms with van der Waals surface area (Å²) in [7, 11) is 0. The van der Waals surface area contributed by atoms with Crippen LogP contribution in [0.25, 0.3) is 0 Å². The normalized spacial score (nSPS) is 12.0. The smallest absolute Gasteiger partial charge is 0.321 e. The van der Waals surface area contributed by atoms with Crippen molar-refractivity contribution in [2.45, 2.75) is 25.6 Å². The molecule has 0 aliphatic heterocycles. The summed E-state index contributed by atoms with van der Waals surface area (Å²) < 4.78 is 0. The van der Waals surface area contributed by atoms with Crippen molar-refractivity contribution >= 4 is 12.3 Å². The van der Waals surface area contributed by atoms with E-state index < -0.39 is 12.0 Å². The highest BCUT2D eigenvalue weighted by molar-refractivity contribution is 5.77. The third-order valence-corrected chi connectivity index (χ3v) is 3.50. The number of benzene rings is 2. The summed E-state index contributed by atoms with van der Waals surface area (Å²) in [6.07, 6.45) is 0.650. The summed E-state index contributed by atoms with van der Waals surface area (Å²) in [5.41, 5.74) is 2.05. The second kappa shape index (κ2) is 8.10. The molecule has 0 saturated carbocycles. The highest BCUT2D eigenvalue weighted by Crippen LogP contribution is 2.15. The van der Waals surface area contributed by atoms with Gasteiger partial charge in [-0.1, -0.05) is 60.7 Å². The number of carbonyl (C=O) groups excluding carboxylic acids is 1. The number of hydrogen-bond donors (Lipinski definition) is 1. The molecule has 2 aromatic rings. The van der Waals surface area contributed by atoms with Gasteiger partial charge < -0.3 is 9.90 Å². The summed E-state index contributed by atoms with van der Waals surface area (Å²) in [6.45, 7) is 0.973. The van der Waals surface area contributed by atoms with Crippen LogP contribution >= 0.6 is 0 Å². The van der Waals surface area contributed by atoms with Gasteiger partial charge in [0, 0.05) is 19.5 Å². The molecular weight excluding hydrogens is 278 g/mol. The SMILES string of the molecule is O=CCC(C(=O)O)N(Cc1ccccc1)Cc1ccccc1. The maximum Gasteiger partial charge on any atom is 0.321 e. The van der Waals surface area contributed by atoms with Crippen molar-refractivity contribution in [3.05, 3.63) is 71.8 Å². The van der Waals surface area contributed by atoms with Gasteiger partial charge in [-0.15, -0.1) is 0 Å². The minimum atomic E-state index is -0.973. The van der Waals surface area contributed by atoms with Gasteiger partial charge in [-0.2, -0.15) is 0 Å². The second-order valence-electron chi connectivity index (χ2n) is 5.13. The van der Waals surface area contributed by atoms with Gasteiger partial charge in [-0.05, 0) is 11.1 Å². The van der Waals surface area contributed by atoms with E-state index in [4.69, 9.17) is 0 Å². The second-order valence-corrected chi connectivity index (χ2v) is 5.13. The minimum Gasteiger partial charge on any atom is -0.480 e. The Morgan fingerprint density at radius 3 is 1.77 bits per heavy atom. The monoisotopic (exact) mass is 297 g/mol. The highest BCUT2D eigenvalue weighted by Gasteiger charge is 2.25. The summed E-state index contributed by atoms with van der Waals surface area (Å²) >= 11 is 0. The zero-order valence-electron chi connectivity index (χ0n) is 12.3. The number of nitrogens with zero attached hydrogens (tertiary/aromatic N) is 1. The standard InChI is InChI=1S/C18H19NO3/c20-12-11-17(18(21)22)19(13-15-7-3-1-4-8-15)14-16-9-5-2-6-10-16/h1-10,12,17H,11,13-14H2,(H,21,22). The van der Waals surface area contributed by atoms with E-state index in [1.54, 1.807) is 0 Å². The molecule has 0 aromatic heterocycles. The minimum absolute atomic E-state index is 0.0188. The van der Waals surface area contributed by atoms with Crippen LogP contribution in [-0.4, -0.2) is 28.3 Å². The van der Waals surface area contributed by atoms with Crippen LogP contribution < -0.4 is 0 Å². The van der Waals surface area contributed by atoms with Gasteiger partial charge >= 0.3 is 5.97 Å². The molecule has 0 spiro atoms. The molecule has 114 valence electrons. The van der Waals surface area contributed by atoms with E-state index in [0.29, 0.717) is 19.4 Å². The number of aldehydes is 1. The van der Waals surface area contributed by atoms with Crippen LogP contribution in [0.2, 0.25) is 0 Å². The molecule has 0 aliphatic carbocycles. The van der Waals surface area contributed by atoms with Crippen LogP contribution in [0.15, 0.2) is 60.7 Å². The van der Waals surface area contributed by atoms with Crippen LogP contribution in [0.5, 0.6) is 0 Å². The molecule has 0 heterocycles. The molecule has 0 aliphatic rings. The topological polar surface area (TPSA) is 57.6 Å². The van der Waals surface area contributed by atoms with Gasteiger partial charge in [0.25, 0.3) is 0 Å². The summed E-state index contributed by atoms with van der Waals surface area (Å²) in [5.74, 6) is -0.973. The fourth-order valence-electron chi connectivity index (χ4n) is 2.41. The van der Waals surface area contributed by atoms with Crippen molar-refractivity contribution in [1.82, 2.24) is 4.90 Å². The van der Waals surface area contributed by atoms with E-state index in [0.717, 1.165) is 11.1 Å². The first-order valence-corrected chi connectivity index (χ1v) is 7.19. The average Bonchev–Trinajstić information content (AvgIpc) is 2.54. The van der Waals surface area contributed by atoms with Crippen molar-refractivity contribution in [1.29, 1.82) is 0 Å². The largest absolute Gasteiger partial charge is 0.480 e. The Morgan fingerprint density at radius 2 is 1.41 bits per heavy atom. The molecule has 0 fully saturated rings. The lowest BCUT2D eigenvalue weighted by Crippen LogP contribution is -2.40. The van der Waals surface area contributed by atoms with E-state index in [1.807, 2.05) is 65.6 Å². The van der Waals surface area contributed by atoms with E-state index in [2.05, 4.69) is 0 Å². The molecule has 1 atom stereocenters. The Bertz CT molecular complexity index is 557. The maximum absolute atomic E-state index is 11.5. The van der Waals surface area contributed by atoms with Crippen LogP contribution in [0, 0.1) is 0 Å². The van der Waals surface area contributed by atoms with Gasteiger partial charge in [-0.3, -0.25) is 9.69 Å². The number of carbonyl (C=O) groups is 2. The molecule has 0 amide bonds. The molecular formula is C18H19NO3. The fraction of sp³-hybridized carbons (Fsp3) is 0.222. The third kappa shape index (κ3) is 4.53. The molecule has 4 heteroatoms. The first-order chi connectivity index (χ1) is 10.7. The number of carboxylic acids is 1. The van der Waals surface area contributed by atoms with Crippen molar-refractivity contribution < 1.29 is 14.7 Å². The van der Waals surface area contributed by atoms with E-state index in [-0.39, 0.29) is 6.42 Å². The number of rotatable bonds is 8.